The molecule has 0 aromatic carbocycles. The molecule has 1 aliphatic rings. The summed E-state index contributed by atoms with van der Waals surface area (Å²) in [5.41, 5.74) is 0. The number of piperidine rings is 1. The van der Waals surface area contributed by atoms with Crippen LogP contribution >= 0.6 is 0 Å². The molecule has 0 aromatic heterocycles. The molecule has 0 radical (unpaired) electrons. The Balaban J connectivity index is 2.36. The van der Waals surface area contributed by atoms with Gasteiger partial charge in [-0.05, 0) is 32.6 Å². The maximum atomic E-state index is 12.0. The van der Waals surface area contributed by atoms with Crippen LogP contribution in [0.4, 0.5) is 4.79 Å². The van der Waals surface area contributed by atoms with E-state index in [1.807, 2.05) is 6.92 Å². The topological polar surface area (TPSA) is 58.6 Å². The summed E-state index contributed by atoms with van der Waals surface area (Å²) in [4.78, 5) is 25.4. The lowest BCUT2D eigenvalue weighted by molar-refractivity contribution is -0.149. The third kappa shape index (κ3) is 4.73. The van der Waals surface area contributed by atoms with Crippen molar-refractivity contribution in [3.05, 3.63) is 0 Å². The van der Waals surface area contributed by atoms with Gasteiger partial charge in [0.2, 0.25) is 0 Å². The molecule has 0 unspecified atom stereocenters. The minimum atomic E-state index is -0.123. The highest BCUT2D eigenvalue weighted by Gasteiger charge is 2.28. The summed E-state index contributed by atoms with van der Waals surface area (Å²) in [5, 5.41) is 3.03. The van der Waals surface area contributed by atoms with E-state index in [9.17, 15) is 9.59 Å². The van der Waals surface area contributed by atoms with Crippen molar-refractivity contribution in [1.82, 2.24) is 10.2 Å². The molecule has 5 heteroatoms. The van der Waals surface area contributed by atoms with Gasteiger partial charge in [-0.1, -0.05) is 13.8 Å². The maximum Gasteiger partial charge on any atom is 0.317 e. The monoisotopic (exact) mass is 270 g/mol. The van der Waals surface area contributed by atoms with Crippen LogP contribution < -0.4 is 5.32 Å². The third-order valence-electron chi connectivity index (χ3n) is 3.72. The molecular formula is C14H26N2O3. The molecule has 1 aliphatic heterocycles. The summed E-state index contributed by atoms with van der Waals surface area (Å²) in [6.45, 7) is 7.65. The Labute approximate surface area is 115 Å². The molecular weight excluding hydrogens is 244 g/mol. The Morgan fingerprint density at radius 1 is 1.21 bits per heavy atom. The van der Waals surface area contributed by atoms with Crippen molar-refractivity contribution in [2.75, 3.05) is 19.7 Å². The summed E-state index contributed by atoms with van der Waals surface area (Å²) in [6.07, 6.45) is 3.30. The first kappa shape index (κ1) is 15.8. The zero-order chi connectivity index (χ0) is 14.3. The number of ether oxygens (including phenoxy) is 1. The molecule has 0 atom stereocenters. The number of carbonyl (C=O) groups is 2. The number of esters is 1. The zero-order valence-electron chi connectivity index (χ0n) is 12.3. The average molecular weight is 270 g/mol. The van der Waals surface area contributed by atoms with Crippen LogP contribution in [0.5, 0.6) is 0 Å². The van der Waals surface area contributed by atoms with E-state index < -0.39 is 0 Å². The van der Waals surface area contributed by atoms with Crippen LogP contribution in [0.15, 0.2) is 0 Å². The van der Waals surface area contributed by atoms with Gasteiger partial charge in [0.15, 0.2) is 0 Å². The molecule has 2 amide bonds. The number of nitrogens with one attached hydrogen (secondary N) is 1. The highest BCUT2D eigenvalue weighted by atomic mass is 16.5. The van der Waals surface area contributed by atoms with E-state index in [4.69, 9.17) is 4.74 Å². The number of rotatable bonds is 5. The van der Waals surface area contributed by atoms with Gasteiger partial charge in [0.25, 0.3) is 0 Å². The Morgan fingerprint density at radius 3 is 2.26 bits per heavy atom. The van der Waals surface area contributed by atoms with Crippen LogP contribution in [0.25, 0.3) is 0 Å². The van der Waals surface area contributed by atoms with Gasteiger partial charge in [0, 0.05) is 19.1 Å². The molecule has 5 nitrogen and oxygen atoms in total. The summed E-state index contributed by atoms with van der Waals surface area (Å²) >= 11 is 0. The van der Waals surface area contributed by atoms with Crippen molar-refractivity contribution in [2.24, 2.45) is 5.92 Å². The van der Waals surface area contributed by atoms with E-state index in [1.165, 1.54) is 0 Å². The highest BCUT2D eigenvalue weighted by molar-refractivity contribution is 5.76. The first-order valence-electron chi connectivity index (χ1n) is 7.34. The lowest BCUT2D eigenvalue weighted by Gasteiger charge is -2.32. The number of carbonyl (C=O) groups excluding carboxylic acids is 2. The van der Waals surface area contributed by atoms with Crippen LogP contribution in [0.2, 0.25) is 0 Å². The van der Waals surface area contributed by atoms with Crippen molar-refractivity contribution < 1.29 is 14.3 Å². The minimum Gasteiger partial charge on any atom is -0.466 e. The molecule has 1 fully saturated rings. The zero-order valence-corrected chi connectivity index (χ0v) is 12.3. The molecule has 1 rings (SSSR count). The van der Waals surface area contributed by atoms with Crippen molar-refractivity contribution in [3.8, 4) is 0 Å². The second-order valence-electron chi connectivity index (χ2n) is 4.98. The van der Waals surface area contributed by atoms with Gasteiger partial charge < -0.3 is 15.0 Å². The lowest BCUT2D eigenvalue weighted by atomic mass is 9.97. The van der Waals surface area contributed by atoms with Gasteiger partial charge in [0.05, 0.1) is 12.5 Å². The normalized spacial score (nSPS) is 16.5. The third-order valence-corrected chi connectivity index (χ3v) is 3.72. The van der Waals surface area contributed by atoms with Crippen LogP contribution in [0.3, 0.4) is 0 Å². The van der Waals surface area contributed by atoms with Gasteiger partial charge in [-0.2, -0.15) is 0 Å². The second kappa shape index (κ2) is 8.02. The fourth-order valence-electron chi connectivity index (χ4n) is 2.34. The summed E-state index contributed by atoms with van der Waals surface area (Å²) in [5.74, 6) is -0.167. The molecule has 0 aromatic rings. The number of hydrogen-bond acceptors (Lipinski definition) is 3. The van der Waals surface area contributed by atoms with Gasteiger partial charge >= 0.3 is 12.0 Å². The Kier molecular flexibility index (Phi) is 6.67. The van der Waals surface area contributed by atoms with E-state index in [0.717, 1.165) is 12.8 Å². The molecule has 1 saturated heterocycles. The van der Waals surface area contributed by atoms with Gasteiger partial charge in [-0.3, -0.25) is 4.79 Å². The van der Waals surface area contributed by atoms with E-state index in [2.05, 4.69) is 19.2 Å². The molecule has 19 heavy (non-hydrogen) atoms. The van der Waals surface area contributed by atoms with E-state index >= 15 is 0 Å². The SMILES string of the molecule is CCOC(=O)C1CCN(C(=O)NC(CC)CC)CC1. The molecule has 1 N–H and O–H groups in total. The van der Waals surface area contributed by atoms with E-state index in [1.54, 1.807) is 4.90 Å². The predicted molar refractivity (Wildman–Crippen MR) is 73.8 cm³/mol. The molecule has 1 heterocycles. The number of hydrogen-bond donors (Lipinski definition) is 1. The van der Waals surface area contributed by atoms with E-state index in [0.29, 0.717) is 32.5 Å². The number of urea groups is 1. The molecule has 0 saturated carbocycles. The molecule has 0 aliphatic carbocycles. The van der Waals surface area contributed by atoms with E-state index in [-0.39, 0.29) is 24.0 Å². The second-order valence-corrected chi connectivity index (χ2v) is 4.98. The van der Waals surface area contributed by atoms with Crippen LogP contribution in [0, 0.1) is 5.92 Å². The molecule has 110 valence electrons. The molecule has 0 spiro atoms. The largest absolute Gasteiger partial charge is 0.466 e. The van der Waals surface area contributed by atoms with Crippen LogP contribution in [0.1, 0.15) is 46.5 Å². The van der Waals surface area contributed by atoms with Crippen LogP contribution in [-0.2, 0) is 9.53 Å². The fourth-order valence-corrected chi connectivity index (χ4v) is 2.34. The van der Waals surface area contributed by atoms with Gasteiger partial charge in [-0.25, -0.2) is 4.79 Å². The van der Waals surface area contributed by atoms with Crippen LogP contribution in [-0.4, -0.2) is 42.6 Å². The van der Waals surface area contributed by atoms with Crippen molar-refractivity contribution in [2.45, 2.75) is 52.5 Å². The standard InChI is InChI=1S/C14H26N2O3/c1-4-12(5-2)15-14(18)16-9-7-11(8-10-16)13(17)19-6-3/h11-12H,4-10H2,1-3H3,(H,15,18). The smallest absolute Gasteiger partial charge is 0.317 e. The number of amides is 2. The first-order chi connectivity index (χ1) is 9.12. The Hall–Kier alpha value is -1.26. The number of nitrogens with zero attached hydrogens (tertiary/aromatic N) is 1. The summed E-state index contributed by atoms with van der Waals surface area (Å²) in [7, 11) is 0. The number of likely N-dealkylation sites (tertiary alicyclic amines) is 1. The minimum absolute atomic E-state index is 0.00370. The fraction of sp³-hybridized carbons (Fsp3) is 0.857. The first-order valence-corrected chi connectivity index (χ1v) is 7.34. The molecule has 0 bridgehead atoms. The van der Waals surface area contributed by atoms with Crippen molar-refractivity contribution in [1.29, 1.82) is 0 Å². The Bertz CT molecular complexity index is 295. The Morgan fingerprint density at radius 2 is 1.79 bits per heavy atom. The lowest BCUT2D eigenvalue weighted by Crippen LogP contribution is -2.48. The van der Waals surface area contributed by atoms with Gasteiger partial charge in [-0.15, -0.1) is 0 Å². The van der Waals surface area contributed by atoms with Crippen molar-refractivity contribution in [3.63, 3.8) is 0 Å². The quantitative estimate of drug-likeness (QED) is 0.779. The summed E-state index contributed by atoms with van der Waals surface area (Å²) in [6, 6.07) is 0.242. The maximum absolute atomic E-state index is 12.0. The predicted octanol–water partition coefficient (Wildman–Crippen LogP) is 2.16. The highest BCUT2D eigenvalue weighted by Crippen LogP contribution is 2.18. The average Bonchev–Trinajstić information content (AvgIpc) is 2.45. The van der Waals surface area contributed by atoms with Gasteiger partial charge in [0.1, 0.15) is 0 Å². The summed E-state index contributed by atoms with van der Waals surface area (Å²) < 4.78 is 5.02. The van der Waals surface area contributed by atoms with Crippen molar-refractivity contribution >= 4 is 12.0 Å².